The van der Waals surface area contributed by atoms with Crippen LogP contribution in [0.25, 0.3) is 0 Å². The van der Waals surface area contributed by atoms with Gasteiger partial charge in [0, 0.05) is 0 Å². The van der Waals surface area contributed by atoms with Crippen LogP contribution in [0.2, 0.25) is 0 Å². The Labute approximate surface area is 93.0 Å². The van der Waals surface area contributed by atoms with Crippen LogP contribution >= 0.6 is 0 Å². The molecule has 7 nitrogen and oxygen atoms in total. The van der Waals surface area contributed by atoms with Crippen LogP contribution in [0.4, 0.5) is 0 Å². The molecule has 0 aromatic heterocycles. The highest BCUT2D eigenvalue weighted by molar-refractivity contribution is 8.07. The van der Waals surface area contributed by atoms with Crippen molar-refractivity contribution in [3.63, 3.8) is 0 Å². The van der Waals surface area contributed by atoms with Crippen LogP contribution in [0, 0.1) is 0 Å². The summed E-state index contributed by atoms with van der Waals surface area (Å²) >= 11 is 0. The molecular formula is C7H10N2O5S2. The number of hydrogen-bond donors (Lipinski definition) is 1. The third-order valence-electron chi connectivity index (χ3n) is 1.96. The first-order valence-corrected chi connectivity index (χ1v) is 7.17. The summed E-state index contributed by atoms with van der Waals surface area (Å²) in [7, 11) is -8.14. The molecular weight excluding hydrogens is 256 g/mol. The van der Waals surface area contributed by atoms with Crippen molar-refractivity contribution in [2.45, 2.75) is 19.1 Å². The molecule has 0 aromatic rings. The number of rotatable bonds is 2. The van der Waals surface area contributed by atoms with Gasteiger partial charge in [0.05, 0.1) is 17.0 Å². The monoisotopic (exact) mass is 266 g/mol. The molecule has 0 bridgehead atoms. The van der Waals surface area contributed by atoms with Crippen LogP contribution in [-0.2, 0) is 24.7 Å². The van der Waals surface area contributed by atoms with Crippen LogP contribution in [0.5, 0.6) is 0 Å². The summed E-state index contributed by atoms with van der Waals surface area (Å²) in [6.07, 6.45) is 0.660. The number of carbonyl (C=O) groups is 1. The predicted molar refractivity (Wildman–Crippen MR) is 57.7 cm³/mol. The molecule has 0 saturated carbocycles. The summed E-state index contributed by atoms with van der Waals surface area (Å²) < 4.78 is 48.0. The minimum atomic E-state index is -4.08. The number of carbonyl (C=O) groups excluding carboxylic acids is 1. The lowest BCUT2D eigenvalue weighted by Gasteiger charge is -2.05. The topological polar surface area (TPSA) is 124 Å². The van der Waals surface area contributed by atoms with Crippen molar-refractivity contribution in [3.8, 4) is 0 Å². The van der Waals surface area contributed by atoms with E-state index < -0.39 is 40.8 Å². The van der Waals surface area contributed by atoms with Crippen LogP contribution in [0.3, 0.4) is 0 Å². The zero-order valence-corrected chi connectivity index (χ0v) is 10.2. The van der Waals surface area contributed by atoms with Gasteiger partial charge in [0.25, 0.3) is 15.1 Å². The largest absolute Gasteiger partial charge is 0.387 e. The maximum absolute atomic E-state index is 11.5. The fourth-order valence-electron chi connectivity index (χ4n) is 0.902. The molecule has 0 aromatic carbocycles. The van der Waals surface area contributed by atoms with Gasteiger partial charge in [-0.3, -0.25) is 4.79 Å². The Hall–Kier alpha value is -1.22. The second-order valence-electron chi connectivity index (χ2n) is 3.37. The lowest BCUT2D eigenvalue weighted by atomic mass is 10.3. The molecule has 16 heavy (non-hydrogen) atoms. The van der Waals surface area contributed by atoms with Crippen molar-refractivity contribution in [3.05, 3.63) is 10.6 Å². The zero-order chi connectivity index (χ0) is 12.7. The minimum absolute atomic E-state index is 0.589. The Morgan fingerprint density at radius 2 is 1.94 bits per heavy atom. The molecule has 1 heterocycles. The maximum atomic E-state index is 11.5. The lowest BCUT2D eigenvalue weighted by molar-refractivity contribution is -0.108. The Kier molecular flexibility index (Phi) is 2.94. The zero-order valence-electron chi connectivity index (χ0n) is 8.54. The SMILES string of the molecule is CC(C)S(=O)(=O)C(=O)C1=C(N)S(=O)(=O)N=C1. The van der Waals surface area contributed by atoms with Gasteiger partial charge in [0.1, 0.15) is 0 Å². The quantitative estimate of drug-likeness (QED) is 0.678. The molecule has 0 saturated heterocycles. The number of nitrogens with two attached hydrogens (primary N) is 1. The Balaban J connectivity index is 3.33. The average molecular weight is 266 g/mol. The number of sulfone groups is 1. The molecule has 2 N–H and O–H groups in total. The summed E-state index contributed by atoms with van der Waals surface area (Å²) in [6.45, 7) is 2.62. The van der Waals surface area contributed by atoms with Crippen molar-refractivity contribution < 1.29 is 21.6 Å². The molecule has 0 spiro atoms. The average Bonchev–Trinajstić information content (AvgIpc) is 2.41. The smallest absolute Gasteiger partial charge is 0.298 e. The standard InChI is InChI=1S/C7H10N2O5S2/c1-4(2)15(11,12)7(10)5-3-9-16(13,14)6(5)8/h3-4H,8H2,1-2H3. The molecule has 0 radical (unpaired) electrons. The number of hydrogen-bond acceptors (Lipinski definition) is 6. The van der Waals surface area contributed by atoms with Gasteiger partial charge in [-0.2, -0.15) is 12.8 Å². The van der Waals surface area contributed by atoms with Crippen molar-refractivity contribution in [1.29, 1.82) is 0 Å². The highest BCUT2D eigenvalue weighted by Gasteiger charge is 2.35. The highest BCUT2D eigenvalue weighted by atomic mass is 32.2. The summed E-state index contributed by atoms with van der Waals surface area (Å²) in [5.41, 5.74) is 4.55. The molecule has 0 unspecified atom stereocenters. The van der Waals surface area contributed by atoms with E-state index in [-0.39, 0.29) is 0 Å². The van der Waals surface area contributed by atoms with Crippen LogP contribution < -0.4 is 5.73 Å². The van der Waals surface area contributed by atoms with Crippen LogP contribution in [-0.4, -0.2) is 33.4 Å². The van der Waals surface area contributed by atoms with Crippen LogP contribution in [0.15, 0.2) is 15.0 Å². The van der Waals surface area contributed by atoms with Gasteiger partial charge in [-0.25, -0.2) is 8.42 Å². The van der Waals surface area contributed by atoms with Gasteiger partial charge in [0.15, 0.2) is 5.03 Å². The second kappa shape index (κ2) is 3.67. The van der Waals surface area contributed by atoms with Crippen molar-refractivity contribution in [2.24, 2.45) is 10.1 Å². The minimum Gasteiger partial charge on any atom is -0.387 e. The van der Waals surface area contributed by atoms with Crippen molar-refractivity contribution >= 4 is 31.2 Å². The molecule has 0 aliphatic carbocycles. The normalized spacial score (nSPS) is 19.4. The van der Waals surface area contributed by atoms with Crippen molar-refractivity contribution in [1.82, 2.24) is 0 Å². The Bertz CT molecular complexity index is 595. The third kappa shape index (κ3) is 1.87. The molecule has 1 rings (SSSR count). The van der Waals surface area contributed by atoms with E-state index in [4.69, 9.17) is 5.73 Å². The fraction of sp³-hybridized carbons (Fsp3) is 0.429. The fourth-order valence-corrected chi connectivity index (χ4v) is 2.65. The first-order chi connectivity index (χ1) is 7.10. The highest BCUT2D eigenvalue weighted by Crippen LogP contribution is 2.19. The van der Waals surface area contributed by atoms with Gasteiger partial charge in [-0.05, 0) is 13.8 Å². The molecule has 9 heteroatoms. The molecule has 0 fully saturated rings. The van der Waals surface area contributed by atoms with Gasteiger partial charge in [-0.15, -0.1) is 0 Å². The van der Waals surface area contributed by atoms with E-state index in [0.717, 1.165) is 0 Å². The van der Waals surface area contributed by atoms with E-state index in [1.165, 1.54) is 13.8 Å². The van der Waals surface area contributed by atoms with E-state index in [2.05, 4.69) is 4.40 Å². The Morgan fingerprint density at radius 3 is 2.25 bits per heavy atom. The van der Waals surface area contributed by atoms with Gasteiger partial charge >= 0.3 is 0 Å². The summed E-state index contributed by atoms with van der Waals surface area (Å²) in [4.78, 5) is 11.5. The Morgan fingerprint density at radius 1 is 1.44 bits per heavy atom. The molecule has 0 amide bonds. The maximum Gasteiger partial charge on any atom is 0.298 e. The molecule has 1 aliphatic rings. The summed E-state index contributed by atoms with van der Waals surface area (Å²) in [5.74, 6) is 0. The summed E-state index contributed by atoms with van der Waals surface area (Å²) in [6, 6.07) is 0. The van der Waals surface area contributed by atoms with E-state index in [1.54, 1.807) is 0 Å². The molecule has 1 aliphatic heterocycles. The lowest BCUT2D eigenvalue weighted by Crippen LogP contribution is -2.27. The number of sulfonamides is 1. The van der Waals surface area contributed by atoms with E-state index in [0.29, 0.717) is 6.21 Å². The second-order valence-corrected chi connectivity index (χ2v) is 7.37. The molecule has 0 atom stereocenters. The van der Waals surface area contributed by atoms with Crippen molar-refractivity contribution in [2.75, 3.05) is 0 Å². The first kappa shape index (κ1) is 12.8. The van der Waals surface area contributed by atoms with Gasteiger partial charge in [0.2, 0.25) is 9.84 Å². The predicted octanol–water partition coefficient (Wildman–Crippen LogP) is -1.08. The van der Waals surface area contributed by atoms with Gasteiger partial charge < -0.3 is 5.73 Å². The van der Waals surface area contributed by atoms with Gasteiger partial charge in [-0.1, -0.05) is 0 Å². The van der Waals surface area contributed by atoms with E-state index >= 15 is 0 Å². The van der Waals surface area contributed by atoms with E-state index in [1.807, 2.05) is 0 Å². The number of nitrogens with zero attached hydrogens (tertiary/aromatic N) is 1. The third-order valence-corrected chi connectivity index (χ3v) is 5.10. The van der Waals surface area contributed by atoms with E-state index in [9.17, 15) is 21.6 Å². The molecule has 90 valence electrons. The van der Waals surface area contributed by atoms with Crippen LogP contribution in [0.1, 0.15) is 13.8 Å². The summed E-state index contributed by atoms with van der Waals surface area (Å²) in [5, 5.41) is -3.08. The first-order valence-electron chi connectivity index (χ1n) is 4.19.